The Labute approximate surface area is 121 Å². The first-order valence-corrected chi connectivity index (χ1v) is 6.81. The fourth-order valence-electron chi connectivity index (χ4n) is 3.24. The van der Waals surface area contributed by atoms with Crippen LogP contribution in [0, 0.1) is 11.8 Å². The highest BCUT2D eigenvalue weighted by Crippen LogP contribution is 2.73. The van der Waals surface area contributed by atoms with Crippen LogP contribution in [0.1, 0.15) is 13.8 Å². The molecule has 2 bridgehead atoms. The number of methoxy groups -OCH3 is 2. The smallest absolute Gasteiger partial charge is 0.217 e. The maximum atomic E-state index is 6.69. The average Bonchev–Trinajstić information content (AvgIpc) is 2.54. The van der Waals surface area contributed by atoms with Crippen LogP contribution in [0.5, 0.6) is 0 Å². The van der Waals surface area contributed by atoms with Crippen LogP contribution < -0.4 is 0 Å². The number of fused-ring (bicyclic) bond motifs is 2. The summed E-state index contributed by atoms with van der Waals surface area (Å²) in [7, 11) is 3.00. The third-order valence-corrected chi connectivity index (χ3v) is 7.20. The van der Waals surface area contributed by atoms with Gasteiger partial charge in [-0.05, 0) is 11.8 Å². The van der Waals surface area contributed by atoms with E-state index in [4.69, 9.17) is 55.9 Å². The van der Waals surface area contributed by atoms with E-state index >= 15 is 0 Å². The van der Waals surface area contributed by atoms with Gasteiger partial charge in [0.1, 0.15) is 9.75 Å². The van der Waals surface area contributed by atoms with Crippen molar-refractivity contribution in [1.29, 1.82) is 0 Å². The molecule has 6 heteroatoms. The monoisotopic (exact) mass is 318 g/mol. The Balaban J connectivity index is 2.77. The Morgan fingerprint density at radius 1 is 0.882 bits per heavy atom. The number of rotatable bonds is 2. The summed E-state index contributed by atoms with van der Waals surface area (Å²) in [5, 5.41) is 0.648. The van der Waals surface area contributed by atoms with Gasteiger partial charge in [0.15, 0.2) is 0 Å². The molecule has 17 heavy (non-hydrogen) atoms. The van der Waals surface area contributed by atoms with Gasteiger partial charge >= 0.3 is 0 Å². The first kappa shape index (κ1) is 14.2. The highest BCUT2D eigenvalue weighted by molar-refractivity contribution is 6.52. The predicted molar refractivity (Wildman–Crippen MR) is 71.0 cm³/mol. The van der Waals surface area contributed by atoms with E-state index in [1.807, 2.05) is 13.8 Å². The molecule has 2 aliphatic rings. The molecule has 2 nitrogen and oxygen atoms in total. The van der Waals surface area contributed by atoms with Crippen molar-refractivity contribution in [2.45, 2.75) is 29.4 Å². The van der Waals surface area contributed by atoms with E-state index in [0.29, 0.717) is 10.1 Å². The third kappa shape index (κ3) is 1.14. The maximum absolute atomic E-state index is 6.69. The second-order valence-corrected chi connectivity index (χ2v) is 6.60. The van der Waals surface area contributed by atoms with Crippen LogP contribution >= 0.6 is 46.4 Å². The van der Waals surface area contributed by atoms with Crippen LogP contribution in [0.25, 0.3) is 0 Å². The van der Waals surface area contributed by atoms with Crippen LogP contribution in [0.3, 0.4) is 0 Å². The van der Waals surface area contributed by atoms with Crippen LogP contribution in [-0.2, 0) is 9.47 Å². The number of hydrogen-bond donors (Lipinski definition) is 0. The van der Waals surface area contributed by atoms with Gasteiger partial charge in [-0.25, -0.2) is 0 Å². The Kier molecular flexibility index (Phi) is 3.27. The van der Waals surface area contributed by atoms with Gasteiger partial charge in [0.25, 0.3) is 0 Å². The molecule has 2 unspecified atom stereocenters. The number of alkyl halides is 2. The Morgan fingerprint density at radius 3 is 1.35 bits per heavy atom. The van der Waals surface area contributed by atoms with Crippen LogP contribution in [-0.4, -0.2) is 29.8 Å². The van der Waals surface area contributed by atoms with E-state index in [9.17, 15) is 0 Å². The lowest BCUT2D eigenvalue weighted by molar-refractivity contribution is -0.220. The Bertz CT molecular complexity index is 361. The van der Waals surface area contributed by atoms with Gasteiger partial charge in [0, 0.05) is 14.2 Å². The summed E-state index contributed by atoms with van der Waals surface area (Å²) in [5.74, 6) is -1.27. The molecular weight excluding hydrogens is 306 g/mol. The zero-order valence-electron chi connectivity index (χ0n) is 9.98. The number of ether oxygens (including phenoxy) is 2. The number of hydrogen-bond acceptors (Lipinski definition) is 2. The van der Waals surface area contributed by atoms with E-state index in [-0.39, 0.29) is 11.8 Å². The topological polar surface area (TPSA) is 18.5 Å². The summed E-state index contributed by atoms with van der Waals surface area (Å²) in [4.78, 5) is -2.09. The van der Waals surface area contributed by atoms with Crippen molar-refractivity contribution in [3.63, 3.8) is 0 Å². The number of halogens is 4. The van der Waals surface area contributed by atoms with Gasteiger partial charge in [-0.3, -0.25) is 0 Å². The fraction of sp³-hybridized carbons (Fsp3) is 0.818. The van der Waals surface area contributed by atoms with Gasteiger partial charge in [-0.1, -0.05) is 37.0 Å². The molecule has 0 radical (unpaired) electrons. The van der Waals surface area contributed by atoms with Crippen molar-refractivity contribution in [2.75, 3.05) is 14.2 Å². The summed E-state index contributed by atoms with van der Waals surface area (Å²) >= 11 is 25.9. The SMILES string of the molecule is COC1(OC)C2(Cl)C(Cl)=C(Cl)C1(Cl)[C@@H](C)[C@@H]2C. The van der Waals surface area contributed by atoms with E-state index < -0.39 is 15.5 Å². The van der Waals surface area contributed by atoms with Crippen molar-refractivity contribution in [2.24, 2.45) is 11.8 Å². The molecule has 0 saturated heterocycles. The fourth-order valence-corrected chi connectivity index (χ4v) is 5.45. The minimum absolute atomic E-state index is 0.0171. The molecule has 2 aliphatic carbocycles. The lowest BCUT2D eigenvalue weighted by Crippen LogP contribution is -2.57. The highest BCUT2D eigenvalue weighted by atomic mass is 35.5. The molecule has 0 aromatic heterocycles. The van der Waals surface area contributed by atoms with E-state index in [1.165, 1.54) is 14.2 Å². The molecule has 98 valence electrons. The average molecular weight is 320 g/mol. The van der Waals surface area contributed by atoms with Gasteiger partial charge in [-0.2, -0.15) is 0 Å². The summed E-state index contributed by atoms with van der Waals surface area (Å²) in [6, 6.07) is 0. The second-order valence-electron chi connectivity index (χ2n) is 4.65. The molecule has 0 aromatic rings. The molecule has 0 spiro atoms. The molecule has 1 saturated carbocycles. The molecular formula is C11H14Cl4O2. The van der Waals surface area contributed by atoms with Crippen molar-refractivity contribution < 1.29 is 9.47 Å². The van der Waals surface area contributed by atoms with Crippen molar-refractivity contribution in [1.82, 2.24) is 0 Å². The van der Waals surface area contributed by atoms with Crippen molar-refractivity contribution in [3.8, 4) is 0 Å². The molecule has 2 rings (SSSR count). The maximum Gasteiger partial charge on any atom is 0.217 e. The van der Waals surface area contributed by atoms with Gasteiger partial charge in [0.05, 0.1) is 10.1 Å². The Hall–Kier alpha value is 0.820. The molecule has 0 aliphatic heterocycles. The largest absolute Gasteiger partial charge is 0.350 e. The van der Waals surface area contributed by atoms with Gasteiger partial charge in [0.2, 0.25) is 5.79 Å². The molecule has 4 atom stereocenters. The van der Waals surface area contributed by atoms with Gasteiger partial charge in [-0.15, -0.1) is 23.2 Å². The summed E-state index contributed by atoms with van der Waals surface area (Å²) < 4.78 is 11.1. The summed E-state index contributed by atoms with van der Waals surface area (Å²) in [5.41, 5.74) is 0. The minimum Gasteiger partial charge on any atom is -0.350 e. The van der Waals surface area contributed by atoms with E-state index in [1.54, 1.807) is 0 Å². The van der Waals surface area contributed by atoms with Crippen molar-refractivity contribution in [3.05, 3.63) is 10.1 Å². The zero-order valence-corrected chi connectivity index (χ0v) is 13.0. The minimum atomic E-state index is -1.24. The summed E-state index contributed by atoms with van der Waals surface area (Å²) in [6.45, 7) is 3.95. The van der Waals surface area contributed by atoms with E-state index in [2.05, 4.69) is 0 Å². The Morgan fingerprint density at radius 2 is 1.18 bits per heavy atom. The van der Waals surface area contributed by atoms with Crippen LogP contribution in [0.4, 0.5) is 0 Å². The first-order chi connectivity index (χ1) is 7.75. The van der Waals surface area contributed by atoms with Gasteiger partial charge < -0.3 is 9.47 Å². The molecule has 0 amide bonds. The molecule has 0 heterocycles. The molecule has 0 aromatic carbocycles. The zero-order chi connectivity index (χ0) is 13.2. The highest BCUT2D eigenvalue weighted by Gasteiger charge is 2.82. The van der Waals surface area contributed by atoms with E-state index in [0.717, 1.165) is 0 Å². The first-order valence-electron chi connectivity index (χ1n) is 5.30. The third-order valence-electron chi connectivity index (χ3n) is 4.37. The molecule has 0 N–H and O–H groups in total. The standard InChI is InChI=1S/C11H14Cl4O2/c1-5-6(2)10(15)8(13)7(12)9(5,14)11(10,16-3)17-4/h5-6H,1-4H3/t5-,6-,9?,10?/m0/s1. The normalized spacial score (nSPS) is 48.0. The quantitative estimate of drug-likeness (QED) is 0.567. The summed E-state index contributed by atoms with van der Waals surface area (Å²) in [6.07, 6.45) is 0. The second kappa shape index (κ2) is 3.91. The van der Waals surface area contributed by atoms with Crippen molar-refractivity contribution >= 4 is 46.4 Å². The lowest BCUT2D eigenvalue weighted by Gasteiger charge is -2.41. The van der Waals surface area contributed by atoms with Crippen LogP contribution in [0.2, 0.25) is 0 Å². The van der Waals surface area contributed by atoms with Crippen LogP contribution in [0.15, 0.2) is 10.1 Å². The predicted octanol–water partition coefficient (Wildman–Crippen LogP) is 3.92. The molecule has 1 fully saturated rings. The lowest BCUT2D eigenvalue weighted by atomic mass is 9.85.